The number of ketones is 1. The fourth-order valence-corrected chi connectivity index (χ4v) is 1.16. The van der Waals surface area contributed by atoms with Crippen molar-refractivity contribution in [2.75, 3.05) is 0 Å². The van der Waals surface area contributed by atoms with Crippen LogP contribution in [0.2, 0.25) is 0 Å². The lowest BCUT2D eigenvalue weighted by atomic mass is 10.0. The van der Waals surface area contributed by atoms with E-state index in [9.17, 15) is 4.79 Å². The van der Waals surface area contributed by atoms with Crippen LogP contribution in [0.15, 0.2) is 24.4 Å². The van der Waals surface area contributed by atoms with Gasteiger partial charge < -0.3 is 0 Å². The molecule has 1 aromatic rings. The van der Waals surface area contributed by atoms with E-state index in [2.05, 4.69) is 4.98 Å². The lowest BCUT2D eigenvalue weighted by molar-refractivity contribution is -0.114. The monoisotopic (exact) mass is 181 g/mol. The van der Waals surface area contributed by atoms with Gasteiger partial charge in [-0.2, -0.15) is 0 Å². The standard InChI is InChI=1S/C9H7NO.ClH/c11-8-4-3-7-2-1-5-10-9(7)6-8;/h1-5H,6H2;1H. The van der Waals surface area contributed by atoms with Gasteiger partial charge in [0.2, 0.25) is 0 Å². The Morgan fingerprint density at radius 2 is 2.17 bits per heavy atom. The van der Waals surface area contributed by atoms with E-state index in [0.29, 0.717) is 6.42 Å². The average Bonchev–Trinajstić information content (AvgIpc) is 2.04. The third-order valence-corrected chi connectivity index (χ3v) is 1.72. The number of hydrogen-bond donors (Lipinski definition) is 0. The van der Waals surface area contributed by atoms with Crippen molar-refractivity contribution >= 4 is 24.3 Å². The molecular weight excluding hydrogens is 174 g/mol. The van der Waals surface area contributed by atoms with Gasteiger partial charge in [-0.1, -0.05) is 6.07 Å². The molecule has 0 bridgehead atoms. The van der Waals surface area contributed by atoms with Gasteiger partial charge in [0.25, 0.3) is 0 Å². The molecule has 0 fully saturated rings. The number of nitrogens with zero attached hydrogens (tertiary/aromatic N) is 1. The lowest BCUT2D eigenvalue weighted by Crippen LogP contribution is -2.06. The number of carbonyl (C=O) groups excluding carboxylic acids is 1. The lowest BCUT2D eigenvalue weighted by Gasteiger charge is -2.05. The molecule has 0 aliphatic heterocycles. The molecule has 2 nitrogen and oxygen atoms in total. The van der Waals surface area contributed by atoms with Crippen molar-refractivity contribution in [3.05, 3.63) is 35.7 Å². The molecule has 0 spiro atoms. The summed E-state index contributed by atoms with van der Waals surface area (Å²) in [7, 11) is 0. The van der Waals surface area contributed by atoms with Crippen molar-refractivity contribution in [3.63, 3.8) is 0 Å². The highest BCUT2D eigenvalue weighted by molar-refractivity contribution is 5.97. The van der Waals surface area contributed by atoms with E-state index in [1.54, 1.807) is 12.3 Å². The fraction of sp³-hybridized carbons (Fsp3) is 0.111. The fourth-order valence-electron chi connectivity index (χ4n) is 1.16. The first kappa shape index (κ1) is 8.94. The maximum atomic E-state index is 10.9. The van der Waals surface area contributed by atoms with Crippen molar-refractivity contribution in [1.82, 2.24) is 4.98 Å². The second-order valence-electron chi connectivity index (χ2n) is 2.52. The number of carbonyl (C=O) groups is 1. The molecule has 0 aromatic carbocycles. The van der Waals surface area contributed by atoms with Crippen LogP contribution in [-0.2, 0) is 11.2 Å². The summed E-state index contributed by atoms with van der Waals surface area (Å²) in [5.74, 6) is 0.135. The Labute approximate surface area is 76.7 Å². The number of fused-ring (bicyclic) bond motifs is 1. The second kappa shape index (κ2) is 3.50. The van der Waals surface area contributed by atoms with Gasteiger partial charge in [0, 0.05) is 6.20 Å². The zero-order valence-corrected chi connectivity index (χ0v) is 7.17. The predicted molar refractivity (Wildman–Crippen MR) is 49.2 cm³/mol. The quantitative estimate of drug-likeness (QED) is 0.609. The SMILES string of the molecule is Cl.O=C1C=Cc2cccnc2C1. The predicted octanol–water partition coefficient (Wildman–Crippen LogP) is 1.64. The molecule has 0 N–H and O–H groups in total. The van der Waals surface area contributed by atoms with Crippen molar-refractivity contribution in [1.29, 1.82) is 0 Å². The number of hydrogen-bond acceptors (Lipinski definition) is 2. The summed E-state index contributed by atoms with van der Waals surface area (Å²) in [6, 6.07) is 3.84. The van der Waals surface area contributed by atoms with Crippen LogP contribution in [0.5, 0.6) is 0 Å². The van der Waals surface area contributed by atoms with Gasteiger partial charge in [-0.25, -0.2) is 0 Å². The number of halogens is 1. The molecule has 0 unspecified atom stereocenters. The van der Waals surface area contributed by atoms with E-state index in [1.165, 1.54) is 0 Å². The van der Waals surface area contributed by atoms with Crippen LogP contribution < -0.4 is 0 Å². The molecule has 1 heterocycles. The summed E-state index contributed by atoms with van der Waals surface area (Å²) in [5.41, 5.74) is 1.95. The average molecular weight is 182 g/mol. The Hall–Kier alpha value is -1.15. The van der Waals surface area contributed by atoms with E-state index in [-0.39, 0.29) is 18.2 Å². The summed E-state index contributed by atoms with van der Waals surface area (Å²) in [6.45, 7) is 0. The number of rotatable bonds is 0. The number of aromatic nitrogens is 1. The van der Waals surface area contributed by atoms with Gasteiger partial charge in [-0.15, -0.1) is 12.4 Å². The van der Waals surface area contributed by atoms with E-state index in [0.717, 1.165) is 11.3 Å². The maximum absolute atomic E-state index is 10.9. The van der Waals surface area contributed by atoms with Crippen LogP contribution in [0.25, 0.3) is 6.08 Å². The van der Waals surface area contributed by atoms with Crippen molar-refractivity contribution in [3.8, 4) is 0 Å². The first-order valence-corrected chi connectivity index (χ1v) is 3.51. The van der Waals surface area contributed by atoms with Gasteiger partial charge in [0.15, 0.2) is 5.78 Å². The number of pyridine rings is 1. The third-order valence-electron chi connectivity index (χ3n) is 1.72. The highest BCUT2D eigenvalue weighted by Crippen LogP contribution is 2.13. The van der Waals surface area contributed by atoms with Gasteiger partial charge >= 0.3 is 0 Å². The maximum Gasteiger partial charge on any atom is 0.161 e. The minimum Gasteiger partial charge on any atom is -0.294 e. The molecule has 0 amide bonds. The molecule has 0 saturated carbocycles. The molecule has 62 valence electrons. The third kappa shape index (κ3) is 1.53. The Bertz CT molecular complexity index is 333. The summed E-state index contributed by atoms with van der Waals surface area (Å²) in [4.78, 5) is 15.0. The van der Waals surface area contributed by atoms with Crippen LogP contribution in [0.3, 0.4) is 0 Å². The number of allylic oxidation sites excluding steroid dienone is 1. The second-order valence-corrected chi connectivity index (χ2v) is 2.52. The Kier molecular flexibility index (Phi) is 2.61. The van der Waals surface area contributed by atoms with Crippen LogP contribution in [0, 0.1) is 0 Å². The van der Waals surface area contributed by atoms with Gasteiger partial charge in [-0.3, -0.25) is 9.78 Å². The normalized spacial score (nSPS) is 13.5. The van der Waals surface area contributed by atoms with E-state index in [1.807, 2.05) is 18.2 Å². The molecular formula is C9H8ClNO. The van der Waals surface area contributed by atoms with Crippen molar-refractivity contribution < 1.29 is 4.79 Å². The largest absolute Gasteiger partial charge is 0.294 e. The van der Waals surface area contributed by atoms with Crippen LogP contribution >= 0.6 is 12.4 Å². The zero-order chi connectivity index (χ0) is 7.68. The molecule has 0 radical (unpaired) electrons. The van der Waals surface area contributed by atoms with E-state index in [4.69, 9.17) is 0 Å². The molecule has 0 atom stereocenters. The van der Waals surface area contributed by atoms with Gasteiger partial charge in [0.1, 0.15) is 0 Å². The van der Waals surface area contributed by atoms with Gasteiger partial charge in [-0.05, 0) is 23.8 Å². The molecule has 12 heavy (non-hydrogen) atoms. The highest BCUT2D eigenvalue weighted by atomic mass is 35.5. The Morgan fingerprint density at radius 3 is 3.00 bits per heavy atom. The first-order chi connectivity index (χ1) is 5.36. The van der Waals surface area contributed by atoms with Crippen LogP contribution in [0.1, 0.15) is 11.3 Å². The minimum absolute atomic E-state index is 0. The Morgan fingerprint density at radius 1 is 1.33 bits per heavy atom. The molecule has 3 heteroatoms. The summed E-state index contributed by atoms with van der Waals surface area (Å²) in [6.07, 6.45) is 5.58. The summed E-state index contributed by atoms with van der Waals surface area (Å²) < 4.78 is 0. The van der Waals surface area contributed by atoms with Gasteiger partial charge in [0.05, 0.1) is 12.1 Å². The van der Waals surface area contributed by atoms with Crippen LogP contribution in [0.4, 0.5) is 0 Å². The molecule has 2 rings (SSSR count). The van der Waals surface area contributed by atoms with Crippen molar-refractivity contribution in [2.24, 2.45) is 0 Å². The summed E-state index contributed by atoms with van der Waals surface area (Å²) in [5, 5.41) is 0. The first-order valence-electron chi connectivity index (χ1n) is 3.51. The Balaban J connectivity index is 0.000000720. The summed E-state index contributed by atoms with van der Waals surface area (Å²) >= 11 is 0. The zero-order valence-electron chi connectivity index (χ0n) is 6.36. The smallest absolute Gasteiger partial charge is 0.161 e. The minimum atomic E-state index is 0. The topological polar surface area (TPSA) is 30.0 Å². The van der Waals surface area contributed by atoms with Crippen LogP contribution in [-0.4, -0.2) is 10.8 Å². The molecule has 1 aliphatic rings. The van der Waals surface area contributed by atoms with Crippen molar-refractivity contribution in [2.45, 2.75) is 6.42 Å². The molecule has 1 aliphatic carbocycles. The molecule has 1 aromatic heterocycles. The van der Waals surface area contributed by atoms with E-state index < -0.39 is 0 Å². The highest BCUT2D eigenvalue weighted by Gasteiger charge is 2.09. The molecule has 0 saturated heterocycles. The van der Waals surface area contributed by atoms with E-state index >= 15 is 0 Å².